The van der Waals surface area contributed by atoms with Crippen LogP contribution in [0.5, 0.6) is 0 Å². The first kappa shape index (κ1) is 13.7. The van der Waals surface area contributed by atoms with Crippen molar-refractivity contribution in [3.8, 4) is 0 Å². The second-order valence-corrected chi connectivity index (χ2v) is 7.16. The minimum absolute atomic E-state index is 0.0265. The number of thioether (sulfide) groups is 1. The molecule has 1 amide bonds. The number of carbonyl (C=O) groups is 1. The Morgan fingerprint density at radius 1 is 1.25 bits per heavy atom. The van der Waals surface area contributed by atoms with Crippen molar-refractivity contribution in [3.63, 3.8) is 0 Å². The molecule has 0 aromatic heterocycles. The number of nitrogens with one attached hydrogen (secondary N) is 1. The van der Waals surface area contributed by atoms with Crippen LogP contribution in [0.25, 0.3) is 0 Å². The summed E-state index contributed by atoms with van der Waals surface area (Å²) in [5.41, 5.74) is 2.95. The van der Waals surface area contributed by atoms with E-state index < -0.39 is 0 Å². The molecule has 4 atom stereocenters. The Bertz CT molecular complexity index is 554. The molecule has 0 saturated carbocycles. The molecule has 0 radical (unpaired) electrons. The zero-order valence-electron chi connectivity index (χ0n) is 12.1. The highest BCUT2D eigenvalue weighted by Gasteiger charge is 2.40. The standard InChI is InChI=1S/C17H21NOS/c1-4-12-10(2)15(14-8-6-5-7-13(12)14)9-16-17(19)18-11(3)20-16/h5-8,10,12,15-16H,3-4,9H2,1-2H3,(H,18,19). The molecule has 1 aliphatic carbocycles. The van der Waals surface area contributed by atoms with E-state index >= 15 is 0 Å². The molecule has 1 N–H and O–H groups in total. The quantitative estimate of drug-likeness (QED) is 0.910. The van der Waals surface area contributed by atoms with Gasteiger partial charge in [-0.1, -0.05) is 56.5 Å². The first-order valence-corrected chi connectivity index (χ1v) is 8.25. The molecule has 106 valence electrons. The number of rotatable bonds is 3. The van der Waals surface area contributed by atoms with E-state index in [4.69, 9.17) is 0 Å². The number of fused-ring (bicyclic) bond motifs is 1. The van der Waals surface area contributed by atoms with Crippen molar-refractivity contribution in [1.29, 1.82) is 0 Å². The van der Waals surface area contributed by atoms with Crippen LogP contribution < -0.4 is 5.32 Å². The van der Waals surface area contributed by atoms with E-state index in [-0.39, 0.29) is 11.2 Å². The molecule has 20 heavy (non-hydrogen) atoms. The van der Waals surface area contributed by atoms with Gasteiger partial charge in [-0.15, -0.1) is 0 Å². The third-order valence-electron chi connectivity index (χ3n) is 4.81. The van der Waals surface area contributed by atoms with Crippen LogP contribution in [0.4, 0.5) is 0 Å². The molecule has 1 saturated heterocycles. The lowest BCUT2D eigenvalue weighted by Gasteiger charge is -2.22. The number of benzene rings is 1. The van der Waals surface area contributed by atoms with E-state index in [0.29, 0.717) is 17.8 Å². The number of carbonyl (C=O) groups excluding carboxylic acids is 1. The minimum Gasteiger partial charge on any atom is -0.320 e. The summed E-state index contributed by atoms with van der Waals surface area (Å²) in [6.45, 7) is 8.46. The maximum Gasteiger partial charge on any atom is 0.238 e. The SMILES string of the molecule is C=C1NC(=O)C(CC2c3ccccc3C(CC)C2C)S1. The van der Waals surface area contributed by atoms with Gasteiger partial charge in [0.15, 0.2) is 0 Å². The molecule has 1 aliphatic heterocycles. The van der Waals surface area contributed by atoms with Crippen molar-refractivity contribution < 1.29 is 4.79 Å². The van der Waals surface area contributed by atoms with E-state index in [1.165, 1.54) is 17.5 Å². The average Bonchev–Trinajstić information content (AvgIpc) is 2.88. The van der Waals surface area contributed by atoms with Crippen molar-refractivity contribution in [2.75, 3.05) is 0 Å². The summed E-state index contributed by atoms with van der Waals surface area (Å²) >= 11 is 1.59. The van der Waals surface area contributed by atoms with Crippen molar-refractivity contribution >= 4 is 17.7 Å². The summed E-state index contributed by atoms with van der Waals surface area (Å²) in [6, 6.07) is 8.77. The van der Waals surface area contributed by atoms with Gasteiger partial charge in [-0.25, -0.2) is 0 Å². The monoisotopic (exact) mass is 287 g/mol. The Morgan fingerprint density at radius 2 is 1.90 bits per heavy atom. The average molecular weight is 287 g/mol. The number of amides is 1. The lowest BCUT2D eigenvalue weighted by Crippen LogP contribution is -2.24. The summed E-state index contributed by atoms with van der Waals surface area (Å²) in [6.07, 6.45) is 2.09. The summed E-state index contributed by atoms with van der Waals surface area (Å²) in [7, 11) is 0. The summed E-state index contributed by atoms with van der Waals surface area (Å²) < 4.78 is 0. The molecule has 3 rings (SSSR count). The van der Waals surface area contributed by atoms with E-state index in [1.807, 2.05) is 0 Å². The molecule has 1 aromatic carbocycles. The van der Waals surface area contributed by atoms with Crippen LogP contribution in [0.2, 0.25) is 0 Å². The van der Waals surface area contributed by atoms with E-state index in [2.05, 4.69) is 50.0 Å². The van der Waals surface area contributed by atoms with E-state index in [1.54, 1.807) is 11.8 Å². The zero-order valence-corrected chi connectivity index (χ0v) is 12.9. The van der Waals surface area contributed by atoms with Crippen molar-refractivity contribution in [1.82, 2.24) is 5.32 Å². The van der Waals surface area contributed by atoms with Crippen molar-refractivity contribution in [2.24, 2.45) is 5.92 Å². The maximum absolute atomic E-state index is 11.9. The molecule has 1 aromatic rings. The predicted molar refractivity (Wildman–Crippen MR) is 84.7 cm³/mol. The zero-order chi connectivity index (χ0) is 14.3. The van der Waals surface area contributed by atoms with Gasteiger partial charge >= 0.3 is 0 Å². The normalized spacial score (nSPS) is 32.3. The molecule has 0 spiro atoms. The van der Waals surface area contributed by atoms with Crippen LogP contribution in [-0.2, 0) is 4.79 Å². The summed E-state index contributed by atoms with van der Waals surface area (Å²) in [5.74, 6) is 1.86. The van der Waals surface area contributed by atoms with Gasteiger partial charge in [-0.2, -0.15) is 0 Å². The topological polar surface area (TPSA) is 29.1 Å². The molecule has 4 unspecified atom stereocenters. The third kappa shape index (κ3) is 2.18. The van der Waals surface area contributed by atoms with E-state index in [9.17, 15) is 4.79 Å². The predicted octanol–water partition coefficient (Wildman–Crippen LogP) is 4.01. The highest BCUT2D eigenvalue weighted by Crippen LogP contribution is 2.51. The van der Waals surface area contributed by atoms with Crippen LogP contribution in [-0.4, -0.2) is 11.2 Å². The van der Waals surface area contributed by atoms with E-state index in [0.717, 1.165) is 11.4 Å². The smallest absolute Gasteiger partial charge is 0.238 e. The van der Waals surface area contributed by atoms with Gasteiger partial charge in [0.05, 0.1) is 10.3 Å². The Kier molecular flexibility index (Phi) is 3.63. The Labute approximate surface area is 125 Å². The molecule has 1 fully saturated rings. The Morgan fingerprint density at radius 3 is 2.45 bits per heavy atom. The van der Waals surface area contributed by atoms with Crippen LogP contribution in [0, 0.1) is 5.92 Å². The van der Waals surface area contributed by atoms with Gasteiger partial charge in [0.1, 0.15) is 0 Å². The highest BCUT2D eigenvalue weighted by atomic mass is 32.2. The Hall–Kier alpha value is -1.22. The van der Waals surface area contributed by atoms with Gasteiger partial charge in [0, 0.05) is 0 Å². The fraction of sp³-hybridized carbons (Fsp3) is 0.471. The molecular weight excluding hydrogens is 266 g/mol. The van der Waals surface area contributed by atoms with Gasteiger partial charge in [0.2, 0.25) is 5.91 Å². The van der Waals surface area contributed by atoms with Crippen LogP contribution in [0.1, 0.15) is 49.7 Å². The van der Waals surface area contributed by atoms with Gasteiger partial charge < -0.3 is 5.32 Å². The fourth-order valence-electron chi connectivity index (χ4n) is 3.82. The minimum atomic E-state index is 0.0265. The molecule has 2 nitrogen and oxygen atoms in total. The molecule has 2 aliphatic rings. The van der Waals surface area contributed by atoms with Gasteiger partial charge in [0.25, 0.3) is 0 Å². The first-order valence-electron chi connectivity index (χ1n) is 7.37. The second-order valence-electron chi connectivity index (χ2n) is 5.86. The van der Waals surface area contributed by atoms with Gasteiger partial charge in [-0.3, -0.25) is 4.79 Å². The highest BCUT2D eigenvalue weighted by molar-refractivity contribution is 8.04. The fourth-order valence-corrected chi connectivity index (χ4v) is 4.80. The first-order chi connectivity index (χ1) is 9.61. The van der Waals surface area contributed by atoms with Gasteiger partial charge in [-0.05, 0) is 41.7 Å². The maximum atomic E-state index is 11.9. The van der Waals surface area contributed by atoms with Crippen LogP contribution in [0.15, 0.2) is 35.9 Å². The molecule has 3 heteroatoms. The Balaban J connectivity index is 1.87. The largest absolute Gasteiger partial charge is 0.320 e. The van der Waals surface area contributed by atoms with Crippen molar-refractivity contribution in [2.45, 2.75) is 43.8 Å². The third-order valence-corrected chi connectivity index (χ3v) is 5.89. The lowest BCUT2D eigenvalue weighted by molar-refractivity contribution is -0.119. The number of hydrogen-bond donors (Lipinski definition) is 1. The second kappa shape index (κ2) is 5.28. The molecular formula is C17H21NOS. The molecule has 0 bridgehead atoms. The summed E-state index contributed by atoms with van der Waals surface area (Å²) in [5, 5.41) is 3.66. The van der Waals surface area contributed by atoms with Crippen LogP contribution in [0.3, 0.4) is 0 Å². The molecule has 1 heterocycles. The summed E-state index contributed by atoms with van der Waals surface area (Å²) in [4.78, 5) is 11.9. The van der Waals surface area contributed by atoms with Crippen molar-refractivity contribution in [3.05, 3.63) is 47.0 Å². The lowest BCUT2D eigenvalue weighted by atomic mass is 9.84. The van der Waals surface area contributed by atoms with Crippen LogP contribution >= 0.6 is 11.8 Å². The number of hydrogen-bond acceptors (Lipinski definition) is 2.